The number of amides is 4. The lowest BCUT2D eigenvalue weighted by Crippen LogP contribution is -2.54. The van der Waals surface area contributed by atoms with Crippen LogP contribution in [0.1, 0.15) is 27.0 Å². The summed E-state index contributed by atoms with van der Waals surface area (Å²) in [7, 11) is 2.81. The van der Waals surface area contributed by atoms with Crippen LogP contribution in [0, 0.1) is 0 Å². The number of carbonyl (C=O) groups excluding carboxylic acids is 4. The number of imide groups is 2. The van der Waals surface area contributed by atoms with E-state index < -0.39 is 23.8 Å². The number of para-hydroxylation sites is 1. The molecule has 44 heavy (non-hydrogen) atoms. The van der Waals surface area contributed by atoms with Crippen molar-refractivity contribution in [1.82, 2.24) is 5.32 Å². The van der Waals surface area contributed by atoms with Crippen LogP contribution in [-0.4, -0.2) is 38.0 Å². The molecular formula is C34H28N2O8. The highest BCUT2D eigenvalue weighted by atomic mass is 16.5. The second kappa shape index (κ2) is 13.4. The number of ether oxygens (including phenoxy) is 4. The number of methoxy groups -OCH3 is 2. The number of benzene rings is 4. The molecule has 1 N–H and O–H groups in total. The van der Waals surface area contributed by atoms with Crippen molar-refractivity contribution in [2.75, 3.05) is 19.1 Å². The van der Waals surface area contributed by atoms with Gasteiger partial charge in [0.25, 0.3) is 11.8 Å². The molecule has 222 valence electrons. The van der Waals surface area contributed by atoms with Gasteiger partial charge in [0.15, 0.2) is 11.5 Å². The first-order valence-corrected chi connectivity index (χ1v) is 13.5. The molecule has 0 aliphatic carbocycles. The lowest BCUT2D eigenvalue weighted by Gasteiger charge is -2.26. The number of barbiturate groups is 1. The zero-order valence-electron chi connectivity index (χ0n) is 23.9. The van der Waals surface area contributed by atoms with Crippen LogP contribution in [0.2, 0.25) is 0 Å². The lowest BCUT2D eigenvalue weighted by atomic mass is 10.1. The molecule has 10 nitrogen and oxygen atoms in total. The Labute approximate surface area is 253 Å². The number of nitrogens with zero attached hydrogens (tertiary/aromatic N) is 1. The summed E-state index contributed by atoms with van der Waals surface area (Å²) in [5, 5.41) is 2.19. The van der Waals surface area contributed by atoms with E-state index in [9.17, 15) is 19.2 Å². The maximum absolute atomic E-state index is 13.4. The molecule has 0 radical (unpaired) electrons. The van der Waals surface area contributed by atoms with Crippen LogP contribution < -0.4 is 24.4 Å². The van der Waals surface area contributed by atoms with Crippen molar-refractivity contribution in [3.8, 4) is 17.2 Å². The Bertz CT molecular complexity index is 1730. The summed E-state index contributed by atoms with van der Waals surface area (Å²) in [6, 6.07) is 26.9. The smallest absolute Gasteiger partial charge is 0.337 e. The molecule has 4 aromatic rings. The monoisotopic (exact) mass is 592 g/mol. The fourth-order valence-corrected chi connectivity index (χ4v) is 4.46. The summed E-state index contributed by atoms with van der Waals surface area (Å²) >= 11 is 0. The molecular weight excluding hydrogens is 564 g/mol. The average molecular weight is 593 g/mol. The van der Waals surface area contributed by atoms with Crippen LogP contribution in [-0.2, 0) is 27.5 Å². The van der Waals surface area contributed by atoms with Gasteiger partial charge in [-0.3, -0.25) is 14.9 Å². The van der Waals surface area contributed by atoms with E-state index >= 15 is 0 Å². The third-order valence-corrected chi connectivity index (χ3v) is 6.73. The number of rotatable bonds is 10. The molecule has 0 spiro atoms. The Morgan fingerprint density at radius 2 is 1.43 bits per heavy atom. The quantitative estimate of drug-likeness (QED) is 0.150. The SMILES string of the molecule is COC(=O)c1ccc(N2C(=O)NC(=O)/C(=C/c3ccccc3OCc3ccc(OCc4ccccc4)c(OC)c3)C2=O)cc1. The largest absolute Gasteiger partial charge is 0.493 e. The molecule has 1 aliphatic rings. The van der Waals surface area contributed by atoms with Crippen molar-refractivity contribution in [3.05, 3.63) is 125 Å². The van der Waals surface area contributed by atoms with Gasteiger partial charge in [0, 0.05) is 5.56 Å². The number of urea groups is 1. The third-order valence-electron chi connectivity index (χ3n) is 6.73. The molecule has 0 atom stereocenters. The maximum atomic E-state index is 13.4. The average Bonchev–Trinajstić information content (AvgIpc) is 3.05. The normalized spacial score (nSPS) is 13.8. The van der Waals surface area contributed by atoms with Crippen LogP contribution in [0.4, 0.5) is 10.5 Å². The van der Waals surface area contributed by atoms with Crippen molar-refractivity contribution in [2.24, 2.45) is 0 Å². The van der Waals surface area contributed by atoms with E-state index in [2.05, 4.69) is 10.1 Å². The summed E-state index contributed by atoms with van der Waals surface area (Å²) in [6.07, 6.45) is 1.37. The topological polar surface area (TPSA) is 120 Å². The summed E-state index contributed by atoms with van der Waals surface area (Å²) in [5.41, 5.74) is 2.44. The van der Waals surface area contributed by atoms with Gasteiger partial charge in [-0.1, -0.05) is 54.6 Å². The van der Waals surface area contributed by atoms with Gasteiger partial charge in [0.1, 0.15) is 24.5 Å². The molecule has 5 rings (SSSR count). The first-order valence-electron chi connectivity index (χ1n) is 13.5. The van der Waals surface area contributed by atoms with Crippen LogP contribution >= 0.6 is 0 Å². The van der Waals surface area contributed by atoms with Gasteiger partial charge < -0.3 is 18.9 Å². The Morgan fingerprint density at radius 1 is 0.750 bits per heavy atom. The summed E-state index contributed by atoms with van der Waals surface area (Å²) in [5.74, 6) is -0.681. The zero-order chi connectivity index (χ0) is 31.1. The standard InChI is InChI=1S/C34H28N2O8/c1-41-30-18-23(12-17-29(30)44-20-22-8-4-3-5-9-22)21-43-28-11-7-6-10-25(28)19-27-31(37)35-34(40)36(32(27)38)26-15-13-24(14-16-26)33(39)42-2/h3-19H,20-21H2,1-2H3,(H,35,37,40)/b27-19-. The number of hydrogen-bond acceptors (Lipinski definition) is 8. The molecule has 4 amide bonds. The van der Waals surface area contributed by atoms with Crippen molar-refractivity contribution in [1.29, 1.82) is 0 Å². The van der Waals surface area contributed by atoms with Gasteiger partial charge in [-0.05, 0) is 59.7 Å². The Balaban J connectivity index is 1.33. The Hall–Kier alpha value is -5.90. The molecule has 1 saturated heterocycles. The van der Waals surface area contributed by atoms with E-state index in [1.807, 2.05) is 48.5 Å². The van der Waals surface area contributed by atoms with Gasteiger partial charge >= 0.3 is 12.0 Å². The van der Waals surface area contributed by atoms with Gasteiger partial charge in [-0.25, -0.2) is 14.5 Å². The van der Waals surface area contributed by atoms with Gasteiger partial charge in [-0.15, -0.1) is 0 Å². The van der Waals surface area contributed by atoms with Crippen LogP contribution in [0.5, 0.6) is 17.2 Å². The number of carbonyl (C=O) groups is 4. The van der Waals surface area contributed by atoms with Crippen molar-refractivity contribution in [2.45, 2.75) is 13.2 Å². The summed E-state index contributed by atoms with van der Waals surface area (Å²) < 4.78 is 22.2. The van der Waals surface area contributed by atoms with E-state index in [-0.39, 0.29) is 23.4 Å². The van der Waals surface area contributed by atoms with Crippen LogP contribution in [0.3, 0.4) is 0 Å². The summed E-state index contributed by atoms with van der Waals surface area (Å²) in [6.45, 7) is 0.552. The molecule has 0 bridgehead atoms. The minimum atomic E-state index is -0.905. The first-order chi connectivity index (χ1) is 21.4. The van der Waals surface area contributed by atoms with Gasteiger partial charge in [0.05, 0.1) is 25.5 Å². The third kappa shape index (κ3) is 6.60. The molecule has 1 aliphatic heterocycles. The highest BCUT2D eigenvalue weighted by Crippen LogP contribution is 2.31. The van der Waals surface area contributed by atoms with Crippen LogP contribution in [0.15, 0.2) is 103 Å². The molecule has 1 fully saturated rings. The number of nitrogens with one attached hydrogen (secondary N) is 1. The molecule has 10 heteroatoms. The predicted molar refractivity (Wildman–Crippen MR) is 161 cm³/mol. The molecule has 0 saturated carbocycles. The number of hydrogen-bond donors (Lipinski definition) is 1. The maximum Gasteiger partial charge on any atom is 0.337 e. The summed E-state index contributed by atoms with van der Waals surface area (Å²) in [4.78, 5) is 51.3. The molecule has 4 aromatic carbocycles. The lowest BCUT2D eigenvalue weighted by molar-refractivity contribution is -0.122. The minimum Gasteiger partial charge on any atom is -0.493 e. The van der Waals surface area contributed by atoms with Crippen molar-refractivity contribution < 1.29 is 38.1 Å². The fraction of sp³-hybridized carbons (Fsp3) is 0.118. The van der Waals surface area contributed by atoms with E-state index in [0.29, 0.717) is 29.4 Å². The van der Waals surface area contributed by atoms with Gasteiger partial charge in [-0.2, -0.15) is 0 Å². The Morgan fingerprint density at radius 3 is 2.16 bits per heavy atom. The zero-order valence-corrected chi connectivity index (χ0v) is 23.9. The van der Waals surface area contributed by atoms with Crippen molar-refractivity contribution >= 4 is 35.6 Å². The number of esters is 1. The first kappa shape index (κ1) is 29.6. The highest BCUT2D eigenvalue weighted by Gasteiger charge is 2.37. The predicted octanol–water partition coefficient (Wildman–Crippen LogP) is 5.31. The molecule has 1 heterocycles. The second-order valence-electron chi connectivity index (χ2n) is 9.58. The van der Waals surface area contributed by atoms with Gasteiger partial charge in [0.2, 0.25) is 0 Å². The number of anilines is 1. The fourth-order valence-electron chi connectivity index (χ4n) is 4.46. The van der Waals surface area contributed by atoms with E-state index in [1.54, 1.807) is 31.4 Å². The van der Waals surface area contributed by atoms with Crippen molar-refractivity contribution in [3.63, 3.8) is 0 Å². The highest BCUT2D eigenvalue weighted by molar-refractivity contribution is 6.39. The molecule has 0 aromatic heterocycles. The molecule has 0 unspecified atom stereocenters. The van der Waals surface area contributed by atoms with E-state index in [1.165, 1.54) is 37.5 Å². The minimum absolute atomic E-state index is 0.160. The van der Waals surface area contributed by atoms with E-state index in [0.717, 1.165) is 16.0 Å². The Kier molecular flexibility index (Phi) is 9.00. The second-order valence-corrected chi connectivity index (χ2v) is 9.58. The van der Waals surface area contributed by atoms with E-state index in [4.69, 9.17) is 14.2 Å². The van der Waals surface area contributed by atoms with Crippen LogP contribution in [0.25, 0.3) is 6.08 Å².